The largest absolute Gasteiger partial charge is 0.341 e. The molecule has 0 aliphatic rings. The number of nitrogens with zero attached hydrogens (tertiary/aromatic N) is 4. The zero-order chi connectivity index (χ0) is 18.8. The Labute approximate surface area is 152 Å². The smallest absolute Gasteiger partial charge is 0.222 e. The minimum atomic E-state index is -0.273. The van der Waals surface area contributed by atoms with Crippen molar-refractivity contribution in [2.75, 3.05) is 7.05 Å². The Morgan fingerprint density at radius 2 is 1.88 bits per heavy atom. The third-order valence-corrected chi connectivity index (χ3v) is 4.63. The number of benzene rings is 1. The van der Waals surface area contributed by atoms with Gasteiger partial charge in [-0.2, -0.15) is 5.10 Å². The molecule has 0 spiro atoms. The van der Waals surface area contributed by atoms with Crippen LogP contribution in [-0.2, 0) is 17.8 Å². The van der Waals surface area contributed by atoms with E-state index < -0.39 is 0 Å². The van der Waals surface area contributed by atoms with Gasteiger partial charge in [0.25, 0.3) is 0 Å². The molecular weight excluding hydrogens is 331 g/mol. The Kier molecular flexibility index (Phi) is 5.02. The fourth-order valence-corrected chi connectivity index (χ4v) is 3.18. The van der Waals surface area contributed by atoms with E-state index in [4.69, 9.17) is 0 Å². The molecule has 0 bridgehead atoms. The molecule has 0 atom stereocenters. The van der Waals surface area contributed by atoms with Crippen molar-refractivity contribution >= 4 is 11.6 Å². The molecule has 5 nitrogen and oxygen atoms in total. The third kappa shape index (κ3) is 3.74. The number of halogens is 1. The highest BCUT2D eigenvalue weighted by Crippen LogP contribution is 2.17. The molecule has 2 heterocycles. The second kappa shape index (κ2) is 7.23. The number of hydrogen-bond acceptors (Lipinski definition) is 3. The number of rotatable bonds is 5. The van der Waals surface area contributed by atoms with Gasteiger partial charge in [-0.1, -0.05) is 12.1 Å². The van der Waals surface area contributed by atoms with Gasteiger partial charge in [0.1, 0.15) is 5.82 Å². The summed E-state index contributed by atoms with van der Waals surface area (Å²) in [5.74, 6) is -0.227. The first-order valence-electron chi connectivity index (χ1n) is 8.66. The zero-order valence-electron chi connectivity index (χ0n) is 15.6. The molecule has 3 aromatic rings. The summed E-state index contributed by atoms with van der Waals surface area (Å²) >= 11 is 0. The quantitative estimate of drug-likeness (QED) is 0.706. The highest BCUT2D eigenvalue weighted by Gasteiger charge is 2.15. The number of hydrogen-bond donors (Lipinski definition) is 0. The molecule has 1 amide bonds. The molecule has 0 aliphatic heterocycles. The highest BCUT2D eigenvalue weighted by molar-refractivity contribution is 5.76. The SMILES string of the molecule is Cc1cc2nc(C)c(CCC(=O)N(C)Cc3ccc(F)cc3)c(C)n2n1. The molecule has 0 radical (unpaired) electrons. The molecule has 3 rings (SSSR count). The molecule has 2 aromatic heterocycles. The van der Waals surface area contributed by atoms with Gasteiger partial charge < -0.3 is 4.90 Å². The second-order valence-corrected chi connectivity index (χ2v) is 6.69. The van der Waals surface area contributed by atoms with Crippen LogP contribution in [0.25, 0.3) is 5.65 Å². The Morgan fingerprint density at radius 1 is 1.19 bits per heavy atom. The van der Waals surface area contributed by atoms with Gasteiger partial charge in [-0.3, -0.25) is 4.79 Å². The van der Waals surface area contributed by atoms with Crippen LogP contribution in [0.1, 0.15) is 34.6 Å². The van der Waals surface area contributed by atoms with Gasteiger partial charge in [-0.25, -0.2) is 13.9 Å². The summed E-state index contributed by atoms with van der Waals surface area (Å²) in [6.07, 6.45) is 1.01. The number of fused-ring (bicyclic) bond motifs is 1. The lowest BCUT2D eigenvalue weighted by Gasteiger charge is -2.18. The van der Waals surface area contributed by atoms with Crippen LogP contribution >= 0.6 is 0 Å². The summed E-state index contributed by atoms with van der Waals surface area (Å²) in [5, 5.41) is 4.47. The first kappa shape index (κ1) is 18.0. The van der Waals surface area contributed by atoms with Gasteiger partial charge in [-0.05, 0) is 50.5 Å². The van der Waals surface area contributed by atoms with Crippen LogP contribution in [-0.4, -0.2) is 32.5 Å². The Balaban J connectivity index is 1.69. The molecule has 1 aromatic carbocycles. The van der Waals surface area contributed by atoms with Crippen LogP contribution < -0.4 is 0 Å². The Hall–Kier alpha value is -2.76. The van der Waals surface area contributed by atoms with E-state index in [1.807, 2.05) is 31.4 Å². The average molecular weight is 354 g/mol. The van der Waals surface area contributed by atoms with E-state index in [0.29, 0.717) is 19.4 Å². The first-order chi connectivity index (χ1) is 12.3. The minimum absolute atomic E-state index is 0.0462. The van der Waals surface area contributed by atoms with Crippen LogP contribution in [0.2, 0.25) is 0 Å². The van der Waals surface area contributed by atoms with Crippen molar-refractivity contribution in [2.45, 2.75) is 40.2 Å². The number of carbonyl (C=O) groups excluding carboxylic acids is 1. The highest BCUT2D eigenvalue weighted by atomic mass is 19.1. The summed E-state index contributed by atoms with van der Waals surface area (Å²) in [5.41, 5.74) is 5.68. The van der Waals surface area contributed by atoms with E-state index in [9.17, 15) is 9.18 Å². The van der Waals surface area contributed by atoms with Crippen molar-refractivity contribution in [3.63, 3.8) is 0 Å². The summed E-state index contributed by atoms with van der Waals surface area (Å²) in [6, 6.07) is 8.17. The lowest BCUT2D eigenvalue weighted by atomic mass is 10.1. The molecule has 0 saturated carbocycles. The van der Waals surface area contributed by atoms with Crippen LogP contribution in [0.15, 0.2) is 30.3 Å². The number of aromatic nitrogens is 3. The summed E-state index contributed by atoms with van der Waals surface area (Å²) in [7, 11) is 1.77. The van der Waals surface area contributed by atoms with Crippen molar-refractivity contribution in [3.8, 4) is 0 Å². The van der Waals surface area contributed by atoms with E-state index in [1.54, 1.807) is 24.1 Å². The van der Waals surface area contributed by atoms with Crippen LogP contribution in [0.5, 0.6) is 0 Å². The van der Waals surface area contributed by atoms with Gasteiger partial charge in [0.05, 0.1) is 5.69 Å². The van der Waals surface area contributed by atoms with E-state index in [2.05, 4.69) is 10.1 Å². The fourth-order valence-electron chi connectivity index (χ4n) is 3.18. The van der Waals surface area contributed by atoms with Crippen LogP contribution in [0.4, 0.5) is 4.39 Å². The third-order valence-electron chi connectivity index (χ3n) is 4.63. The molecule has 6 heteroatoms. The Bertz CT molecular complexity index is 947. The van der Waals surface area contributed by atoms with E-state index >= 15 is 0 Å². The van der Waals surface area contributed by atoms with Crippen molar-refractivity contribution < 1.29 is 9.18 Å². The number of carbonyl (C=O) groups is 1. The molecule has 0 aliphatic carbocycles. The monoisotopic (exact) mass is 354 g/mol. The first-order valence-corrected chi connectivity index (χ1v) is 8.66. The minimum Gasteiger partial charge on any atom is -0.341 e. The lowest BCUT2D eigenvalue weighted by molar-refractivity contribution is -0.130. The molecule has 136 valence electrons. The van der Waals surface area contributed by atoms with Crippen molar-refractivity contribution in [1.29, 1.82) is 0 Å². The predicted octanol–water partition coefficient (Wildman–Crippen LogP) is 3.38. The molecule has 0 unspecified atom stereocenters. The lowest BCUT2D eigenvalue weighted by Crippen LogP contribution is -2.26. The van der Waals surface area contributed by atoms with Gasteiger partial charge in [0.2, 0.25) is 5.91 Å². The Morgan fingerprint density at radius 3 is 2.58 bits per heavy atom. The van der Waals surface area contributed by atoms with Gasteiger partial charge in [-0.15, -0.1) is 0 Å². The van der Waals surface area contributed by atoms with Crippen molar-refractivity contribution in [1.82, 2.24) is 19.5 Å². The maximum atomic E-state index is 13.0. The van der Waals surface area contributed by atoms with E-state index in [1.165, 1.54) is 12.1 Å². The molecule has 0 N–H and O–H groups in total. The zero-order valence-corrected chi connectivity index (χ0v) is 15.6. The maximum Gasteiger partial charge on any atom is 0.222 e. The second-order valence-electron chi connectivity index (χ2n) is 6.69. The summed E-state index contributed by atoms with van der Waals surface area (Å²) in [4.78, 5) is 18.8. The van der Waals surface area contributed by atoms with Crippen LogP contribution in [0.3, 0.4) is 0 Å². The van der Waals surface area contributed by atoms with Crippen molar-refractivity contribution in [2.24, 2.45) is 0 Å². The molecular formula is C20H23FN4O. The van der Waals surface area contributed by atoms with Crippen LogP contribution in [0, 0.1) is 26.6 Å². The topological polar surface area (TPSA) is 50.5 Å². The van der Waals surface area contributed by atoms with Gasteiger partial charge in [0, 0.05) is 37.5 Å². The average Bonchev–Trinajstić information content (AvgIpc) is 2.97. The standard InChI is InChI=1S/C20H23FN4O/c1-13-11-19-22-14(2)18(15(3)25(19)23-13)9-10-20(26)24(4)12-16-5-7-17(21)8-6-16/h5-8,11H,9-10,12H2,1-4H3. The number of amides is 1. The molecule has 0 saturated heterocycles. The van der Waals surface area contributed by atoms with Gasteiger partial charge >= 0.3 is 0 Å². The normalized spacial score (nSPS) is 11.1. The fraction of sp³-hybridized carbons (Fsp3) is 0.350. The molecule has 0 fully saturated rings. The predicted molar refractivity (Wildman–Crippen MR) is 98.4 cm³/mol. The number of aryl methyl sites for hydroxylation is 3. The van der Waals surface area contributed by atoms with Gasteiger partial charge in [0.15, 0.2) is 5.65 Å². The van der Waals surface area contributed by atoms with Crippen molar-refractivity contribution in [3.05, 3.63) is 64.4 Å². The summed E-state index contributed by atoms with van der Waals surface area (Å²) in [6.45, 7) is 6.39. The molecule has 26 heavy (non-hydrogen) atoms. The van der Waals surface area contributed by atoms with E-state index in [-0.39, 0.29) is 11.7 Å². The maximum absolute atomic E-state index is 13.0. The summed E-state index contributed by atoms with van der Waals surface area (Å²) < 4.78 is 14.8. The van der Waals surface area contributed by atoms with E-state index in [0.717, 1.165) is 33.9 Å².